The number of nitriles is 1. The Morgan fingerprint density at radius 2 is 1.80 bits per heavy atom. The average molecular weight is 416 g/mol. The molecular weight excluding hydrogens is 397 g/mol. The molecule has 8 heteroatoms. The van der Waals surface area contributed by atoms with Crippen LogP contribution in [0.25, 0.3) is 0 Å². The lowest BCUT2D eigenvalue weighted by Gasteiger charge is -2.31. The summed E-state index contributed by atoms with van der Waals surface area (Å²) in [6.07, 6.45) is 1.10. The van der Waals surface area contributed by atoms with Gasteiger partial charge in [-0.05, 0) is 48.7 Å². The molecule has 156 valence electrons. The zero-order valence-electron chi connectivity index (χ0n) is 16.0. The fourth-order valence-electron chi connectivity index (χ4n) is 3.50. The first-order valence-electron chi connectivity index (χ1n) is 9.42. The monoisotopic (exact) mass is 416 g/mol. The van der Waals surface area contributed by atoms with E-state index in [1.807, 2.05) is 6.07 Å². The van der Waals surface area contributed by atoms with Crippen molar-refractivity contribution in [3.8, 4) is 11.8 Å². The lowest BCUT2D eigenvalue weighted by Crippen LogP contribution is -2.40. The standard InChI is InChI=1S/C22H19F3N2O3/c23-17-4-3-16(13-26)19(12-17)21(29)27-9-7-15(8-10-27)20(28)11-14-1-5-18(6-2-14)30-22(24)25/h1-6,12,15,22H,7-11H2. The summed E-state index contributed by atoms with van der Waals surface area (Å²) in [6, 6.07) is 11.3. The molecule has 0 unspecified atom stereocenters. The van der Waals surface area contributed by atoms with E-state index in [2.05, 4.69) is 4.74 Å². The summed E-state index contributed by atoms with van der Waals surface area (Å²) in [5, 5.41) is 9.14. The van der Waals surface area contributed by atoms with Crippen LogP contribution in [-0.4, -0.2) is 36.3 Å². The van der Waals surface area contributed by atoms with E-state index < -0.39 is 18.3 Å². The number of Topliss-reactive ketones (excluding diaryl/α,β-unsaturated/α-hetero) is 1. The van der Waals surface area contributed by atoms with E-state index in [9.17, 15) is 22.8 Å². The van der Waals surface area contributed by atoms with Crippen molar-refractivity contribution in [3.05, 3.63) is 65.0 Å². The van der Waals surface area contributed by atoms with Crippen molar-refractivity contribution in [2.24, 2.45) is 5.92 Å². The van der Waals surface area contributed by atoms with Gasteiger partial charge >= 0.3 is 6.61 Å². The largest absolute Gasteiger partial charge is 0.435 e. The number of alkyl halides is 2. The molecule has 1 fully saturated rings. The first-order valence-corrected chi connectivity index (χ1v) is 9.42. The second-order valence-electron chi connectivity index (χ2n) is 7.03. The average Bonchev–Trinajstić information content (AvgIpc) is 2.74. The number of rotatable bonds is 6. The third kappa shape index (κ3) is 5.17. The molecular formula is C22H19F3N2O3. The zero-order chi connectivity index (χ0) is 21.7. The van der Waals surface area contributed by atoms with Crippen LogP contribution in [-0.2, 0) is 11.2 Å². The minimum atomic E-state index is -2.90. The van der Waals surface area contributed by atoms with Gasteiger partial charge in [0, 0.05) is 25.4 Å². The van der Waals surface area contributed by atoms with Crippen molar-refractivity contribution in [2.75, 3.05) is 13.1 Å². The molecule has 3 rings (SSSR count). The molecule has 0 atom stereocenters. The SMILES string of the molecule is N#Cc1ccc(F)cc1C(=O)N1CCC(C(=O)Cc2ccc(OC(F)F)cc2)CC1. The van der Waals surface area contributed by atoms with Crippen molar-refractivity contribution < 1.29 is 27.5 Å². The second-order valence-corrected chi connectivity index (χ2v) is 7.03. The summed E-state index contributed by atoms with van der Waals surface area (Å²) in [4.78, 5) is 26.8. The Bertz CT molecular complexity index is 963. The number of likely N-dealkylation sites (tertiary alicyclic amines) is 1. The highest BCUT2D eigenvalue weighted by molar-refractivity contribution is 5.97. The molecule has 2 aromatic rings. The minimum Gasteiger partial charge on any atom is -0.435 e. The van der Waals surface area contributed by atoms with Gasteiger partial charge in [-0.2, -0.15) is 14.0 Å². The Morgan fingerprint density at radius 3 is 2.40 bits per heavy atom. The number of ketones is 1. The molecule has 0 spiro atoms. The highest BCUT2D eigenvalue weighted by atomic mass is 19.3. The Balaban J connectivity index is 1.56. The summed E-state index contributed by atoms with van der Waals surface area (Å²) in [5.74, 6) is -1.21. The third-order valence-corrected chi connectivity index (χ3v) is 5.10. The molecule has 5 nitrogen and oxygen atoms in total. The quantitative estimate of drug-likeness (QED) is 0.715. The van der Waals surface area contributed by atoms with Crippen LogP contribution in [0.2, 0.25) is 0 Å². The number of hydrogen-bond acceptors (Lipinski definition) is 4. The van der Waals surface area contributed by atoms with Gasteiger partial charge < -0.3 is 9.64 Å². The molecule has 0 aliphatic carbocycles. The van der Waals surface area contributed by atoms with Crippen molar-refractivity contribution in [1.82, 2.24) is 4.90 Å². The molecule has 1 amide bonds. The molecule has 0 N–H and O–H groups in total. The van der Waals surface area contributed by atoms with Crippen LogP contribution < -0.4 is 4.74 Å². The van der Waals surface area contributed by atoms with Crippen LogP contribution >= 0.6 is 0 Å². The molecule has 1 saturated heterocycles. The highest BCUT2D eigenvalue weighted by Crippen LogP contribution is 2.23. The molecule has 0 radical (unpaired) electrons. The number of amides is 1. The maximum Gasteiger partial charge on any atom is 0.387 e. The van der Waals surface area contributed by atoms with Crippen molar-refractivity contribution in [3.63, 3.8) is 0 Å². The third-order valence-electron chi connectivity index (χ3n) is 5.10. The number of hydrogen-bond donors (Lipinski definition) is 0. The summed E-state index contributed by atoms with van der Waals surface area (Å²) in [6.45, 7) is -2.24. The van der Waals surface area contributed by atoms with Gasteiger partial charge in [-0.25, -0.2) is 4.39 Å². The van der Waals surface area contributed by atoms with Crippen LogP contribution in [0.15, 0.2) is 42.5 Å². The van der Waals surface area contributed by atoms with Gasteiger partial charge in [0.05, 0.1) is 17.2 Å². The molecule has 0 bridgehead atoms. The minimum absolute atomic E-state index is 0.00750. The number of halogens is 3. The maximum absolute atomic E-state index is 13.5. The number of ether oxygens (including phenoxy) is 1. The molecule has 2 aromatic carbocycles. The van der Waals surface area contributed by atoms with Crippen LogP contribution in [0.5, 0.6) is 5.75 Å². The summed E-state index contributed by atoms with van der Waals surface area (Å²) in [5.41, 5.74) is 0.825. The summed E-state index contributed by atoms with van der Waals surface area (Å²) < 4.78 is 42.2. The molecule has 1 aliphatic heterocycles. The predicted octanol–water partition coefficient (Wildman–Crippen LogP) is 3.96. The number of carbonyl (C=O) groups excluding carboxylic acids is 2. The van der Waals surface area contributed by atoms with Gasteiger partial charge in [0.2, 0.25) is 0 Å². The van der Waals surface area contributed by atoms with E-state index in [1.165, 1.54) is 23.1 Å². The van der Waals surface area contributed by atoms with E-state index in [0.717, 1.165) is 12.1 Å². The molecule has 1 aliphatic rings. The summed E-state index contributed by atoms with van der Waals surface area (Å²) in [7, 11) is 0. The van der Waals surface area contributed by atoms with Crippen LogP contribution in [0.1, 0.15) is 34.3 Å². The Labute approximate surface area is 171 Å². The van der Waals surface area contributed by atoms with E-state index in [-0.39, 0.29) is 35.0 Å². The molecule has 30 heavy (non-hydrogen) atoms. The Hall–Kier alpha value is -3.34. The van der Waals surface area contributed by atoms with Gasteiger partial charge in [-0.15, -0.1) is 0 Å². The summed E-state index contributed by atoms with van der Waals surface area (Å²) >= 11 is 0. The Kier molecular flexibility index (Phi) is 6.72. The number of nitrogens with zero attached hydrogens (tertiary/aromatic N) is 2. The van der Waals surface area contributed by atoms with Crippen molar-refractivity contribution >= 4 is 11.7 Å². The van der Waals surface area contributed by atoms with Gasteiger partial charge in [-0.3, -0.25) is 9.59 Å². The van der Waals surface area contributed by atoms with Crippen molar-refractivity contribution in [1.29, 1.82) is 5.26 Å². The van der Waals surface area contributed by atoms with Gasteiger partial charge in [-0.1, -0.05) is 12.1 Å². The molecule has 0 saturated carbocycles. The highest BCUT2D eigenvalue weighted by Gasteiger charge is 2.28. The Morgan fingerprint density at radius 1 is 1.13 bits per heavy atom. The smallest absolute Gasteiger partial charge is 0.387 e. The van der Waals surface area contributed by atoms with E-state index in [0.29, 0.717) is 31.5 Å². The second kappa shape index (κ2) is 9.44. The fourth-order valence-corrected chi connectivity index (χ4v) is 3.50. The first-order chi connectivity index (χ1) is 14.4. The van der Waals surface area contributed by atoms with Crippen LogP contribution in [0.3, 0.4) is 0 Å². The van der Waals surface area contributed by atoms with Gasteiger partial charge in [0.25, 0.3) is 5.91 Å². The zero-order valence-corrected chi connectivity index (χ0v) is 16.0. The predicted molar refractivity (Wildman–Crippen MR) is 102 cm³/mol. The first kappa shape index (κ1) is 21.4. The number of carbonyl (C=O) groups is 2. The molecule has 1 heterocycles. The fraction of sp³-hybridized carbons (Fsp3) is 0.318. The van der Waals surface area contributed by atoms with E-state index in [1.54, 1.807) is 12.1 Å². The van der Waals surface area contributed by atoms with E-state index >= 15 is 0 Å². The number of piperidine rings is 1. The lowest BCUT2D eigenvalue weighted by atomic mass is 9.89. The maximum atomic E-state index is 13.5. The number of benzene rings is 2. The normalized spacial score (nSPS) is 14.4. The topological polar surface area (TPSA) is 70.4 Å². The lowest BCUT2D eigenvalue weighted by molar-refractivity contribution is -0.123. The van der Waals surface area contributed by atoms with E-state index in [4.69, 9.17) is 5.26 Å². The van der Waals surface area contributed by atoms with Gasteiger partial charge in [0.1, 0.15) is 17.3 Å². The van der Waals surface area contributed by atoms with Crippen molar-refractivity contribution in [2.45, 2.75) is 25.9 Å². The van der Waals surface area contributed by atoms with Crippen LogP contribution in [0, 0.1) is 23.1 Å². The van der Waals surface area contributed by atoms with Gasteiger partial charge in [0.15, 0.2) is 0 Å². The molecule has 0 aromatic heterocycles. The van der Waals surface area contributed by atoms with Crippen LogP contribution in [0.4, 0.5) is 13.2 Å².